The van der Waals surface area contributed by atoms with Crippen molar-refractivity contribution in [1.29, 1.82) is 0 Å². The average molecular weight is 579 g/mol. The number of piperidine rings is 1. The second-order valence-electron chi connectivity index (χ2n) is 9.84. The summed E-state index contributed by atoms with van der Waals surface area (Å²) in [5.74, 6) is -0.935. The number of ether oxygens (including phenoxy) is 1. The number of carbonyl (C=O) groups excluding carboxylic acids is 3. The molecule has 0 saturated carbocycles. The van der Waals surface area contributed by atoms with E-state index in [2.05, 4.69) is 5.32 Å². The van der Waals surface area contributed by atoms with Gasteiger partial charge in [-0.2, -0.15) is 0 Å². The third-order valence-electron chi connectivity index (χ3n) is 7.20. The Morgan fingerprint density at radius 2 is 1.88 bits per heavy atom. The van der Waals surface area contributed by atoms with E-state index in [9.17, 15) is 14.4 Å². The Morgan fingerprint density at radius 1 is 1.12 bits per heavy atom. The predicted octanol–water partition coefficient (Wildman–Crippen LogP) is 5.75. The molecular formula is C30H31ClN4O4S. The normalized spacial score (nSPS) is 20.5. The number of aliphatic imine (C=N–C) groups is 1. The van der Waals surface area contributed by atoms with Crippen molar-refractivity contribution in [2.24, 2.45) is 10.9 Å². The maximum absolute atomic E-state index is 13.7. The van der Waals surface area contributed by atoms with E-state index in [0.717, 1.165) is 17.7 Å². The molecule has 2 unspecified atom stereocenters. The van der Waals surface area contributed by atoms with Crippen LogP contribution in [-0.2, 0) is 19.1 Å². The lowest BCUT2D eigenvalue weighted by Gasteiger charge is -2.38. The zero-order chi connectivity index (χ0) is 28.2. The number of amides is 2. The van der Waals surface area contributed by atoms with E-state index < -0.39 is 6.04 Å². The summed E-state index contributed by atoms with van der Waals surface area (Å²) in [7, 11) is 0. The van der Waals surface area contributed by atoms with Gasteiger partial charge in [-0.25, -0.2) is 4.99 Å². The second kappa shape index (κ2) is 12.3. The van der Waals surface area contributed by atoms with Crippen LogP contribution in [0.3, 0.4) is 0 Å². The third-order valence-corrected chi connectivity index (χ3v) is 8.44. The fraction of sp³-hybridized carbons (Fsp3) is 0.333. The first kappa shape index (κ1) is 28.0. The molecule has 0 aromatic heterocycles. The highest BCUT2D eigenvalue weighted by Crippen LogP contribution is 2.46. The molecule has 3 heterocycles. The van der Waals surface area contributed by atoms with Crippen LogP contribution in [0.25, 0.3) is 0 Å². The number of allylic oxidation sites excluding steroid dienone is 1. The summed E-state index contributed by atoms with van der Waals surface area (Å²) >= 11 is 8.13. The third kappa shape index (κ3) is 5.81. The SMILES string of the molecule is CCOC(=O)C1CCCN(C(=O)CC2=CSC3=NC(C)=C(C(=O)Nc4ccccc4)C(c4ccccc4Cl)N23)C1. The Kier molecular flexibility index (Phi) is 8.61. The van der Waals surface area contributed by atoms with E-state index in [0.29, 0.717) is 53.3 Å². The number of likely N-dealkylation sites (tertiary alicyclic amines) is 1. The lowest BCUT2D eigenvalue weighted by molar-refractivity contribution is -0.151. The Bertz CT molecular complexity index is 1410. The number of amidine groups is 1. The number of rotatable bonds is 7. The molecule has 2 amide bonds. The van der Waals surface area contributed by atoms with Gasteiger partial charge in [0.1, 0.15) is 0 Å². The molecule has 5 rings (SSSR count). The second-order valence-corrected chi connectivity index (χ2v) is 11.1. The maximum Gasteiger partial charge on any atom is 0.310 e. The van der Waals surface area contributed by atoms with E-state index in [1.54, 1.807) is 17.9 Å². The number of thioether (sulfide) groups is 1. The van der Waals surface area contributed by atoms with Crippen LogP contribution in [0, 0.1) is 5.92 Å². The van der Waals surface area contributed by atoms with Crippen molar-refractivity contribution in [1.82, 2.24) is 9.80 Å². The van der Waals surface area contributed by atoms with Gasteiger partial charge >= 0.3 is 5.97 Å². The van der Waals surface area contributed by atoms with Crippen LogP contribution in [-0.4, -0.2) is 52.4 Å². The summed E-state index contributed by atoms with van der Waals surface area (Å²) < 4.78 is 5.20. The Hall–Kier alpha value is -3.56. The monoisotopic (exact) mass is 578 g/mol. The first-order chi connectivity index (χ1) is 19.4. The highest BCUT2D eigenvalue weighted by molar-refractivity contribution is 8.16. The van der Waals surface area contributed by atoms with Crippen LogP contribution < -0.4 is 5.32 Å². The molecule has 1 fully saturated rings. The molecule has 3 aliphatic rings. The lowest BCUT2D eigenvalue weighted by atomic mass is 9.93. The largest absolute Gasteiger partial charge is 0.466 e. The van der Waals surface area contributed by atoms with Crippen molar-refractivity contribution in [2.45, 2.75) is 39.2 Å². The van der Waals surface area contributed by atoms with E-state index in [4.69, 9.17) is 21.3 Å². The minimum absolute atomic E-state index is 0.0819. The molecule has 208 valence electrons. The maximum atomic E-state index is 13.7. The van der Waals surface area contributed by atoms with Crippen LogP contribution in [0.15, 0.2) is 82.0 Å². The zero-order valence-electron chi connectivity index (χ0n) is 22.4. The van der Waals surface area contributed by atoms with E-state index in [-0.39, 0.29) is 30.1 Å². The summed E-state index contributed by atoms with van der Waals surface area (Å²) in [5, 5.41) is 6.11. The van der Waals surface area contributed by atoms with Crippen molar-refractivity contribution >= 4 is 52.0 Å². The zero-order valence-corrected chi connectivity index (χ0v) is 24.0. The van der Waals surface area contributed by atoms with Gasteiger partial charge in [-0.15, -0.1) is 0 Å². The van der Waals surface area contributed by atoms with Gasteiger partial charge in [0.25, 0.3) is 5.91 Å². The van der Waals surface area contributed by atoms with Gasteiger partial charge in [0, 0.05) is 29.5 Å². The van der Waals surface area contributed by atoms with Crippen LogP contribution in [0.4, 0.5) is 5.69 Å². The number of fused-ring (bicyclic) bond motifs is 1. The number of nitrogens with zero attached hydrogens (tertiary/aromatic N) is 3. The van der Waals surface area contributed by atoms with Crippen molar-refractivity contribution in [3.05, 3.63) is 87.6 Å². The van der Waals surface area contributed by atoms with Gasteiger partial charge < -0.3 is 19.9 Å². The number of halogens is 1. The molecule has 0 radical (unpaired) electrons. The van der Waals surface area contributed by atoms with Gasteiger partial charge in [-0.1, -0.05) is 59.8 Å². The minimum atomic E-state index is -0.576. The molecule has 8 nitrogen and oxygen atoms in total. The van der Waals surface area contributed by atoms with Crippen molar-refractivity contribution in [3.63, 3.8) is 0 Å². The molecule has 40 heavy (non-hydrogen) atoms. The van der Waals surface area contributed by atoms with E-state index in [1.807, 2.05) is 65.8 Å². The number of benzene rings is 2. The highest BCUT2D eigenvalue weighted by atomic mass is 35.5. The summed E-state index contributed by atoms with van der Waals surface area (Å²) in [6.07, 6.45) is 1.56. The molecule has 2 atom stereocenters. The average Bonchev–Trinajstić information content (AvgIpc) is 3.35. The quantitative estimate of drug-likeness (QED) is 0.421. The molecule has 2 aromatic carbocycles. The summed E-state index contributed by atoms with van der Waals surface area (Å²) in [4.78, 5) is 48.1. The molecule has 3 aliphatic heterocycles. The molecule has 1 N–H and O–H groups in total. The molecule has 0 bridgehead atoms. The predicted molar refractivity (Wildman–Crippen MR) is 157 cm³/mol. The van der Waals surface area contributed by atoms with Crippen molar-refractivity contribution < 1.29 is 19.1 Å². The van der Waals surface area contributed by atoms with Crippen LogP contribution in [0.5, 0.6) is 0 Å². The van der Waals surface area contributed by atoms with Crippen LogP contribution in [0.1, 0.15) is 44.7 Å². The first-order valence-corrected chi connectivity index (χ1v) is 14.6. The Balaban J connectivity index is 1.43. The Morgan fingerprint density at radius 3 is 2.62 bits per heavy atom. The van der Waals surface area contributed by atoms with Gasteiger partial charge in [-0.05, 0) is 55.9 Å². The molecule has 10 heteroatoms. The van der Waals surface area contributed by atoms with Gasteiger partial charge in [0.15, 0.2) is 5.17 Å². The number of hydrogen-bond acceptors (Lipinski definition) is 7. The van der Waals surface area contributed by atoms with Crippen LogP contribution >= 0.6 is 23.4 Å². The van der Waals surface area contributed by atoms with E-state index >= 15 is 0 Å². The molecule has 0 spiro atoms. The first-order valence-electron chi connectivity index (χ1n) is 13.4. The van der Waals surface area contributed by atoms with Gasteiger partial charge in [-0.3, -0.25) is 14.4 Å². The minimum Gasteiger partial charge on any atom is -0.466 e. The standard InChI is InChI=1S/C30H31ClN4O4S/c1-3-39-29(38)20-10-9-15-34(17-20)25(36)16-22-18-40-30-32-19(2)26(28(37)33-21-11-5-4-6-12-21)27(35(22)30)23-13-7-8-14-24(23)31/h4-8,11-14,18,20,27H,3,9-10,15-17H2,1-2H3,(H,33,37). The van der Waals surface area contributed by atoms with Crippen molar-refractivity contribution in [2.75, 3.05) is 25.0 Å². The number of para-hydroxylation sites is 1. The number of hydrogen-bond donors (Lipinski definition) is 1. The van der Waals surface area contributed by atoms with Gasteiger partial charge in [0.05, 0.1) is 36.3 Å². The fourth-order valence-electron chi connectivity index (χ4n) is 5.29. The summed E-state index contributed by atoms with van der Waals surface area (Å²) in [6.45, 7) is 4.86. The number of anilines is 1. The number of nitrogens with one attached hydrogen (secondary N) is 1. The lowest BCUT2D eigenvalue weighted by Crippen LogP contribution is -2.44. The molecule has 2 aromatic rings. The van der Waals surface area contributed by atoms with E-state index in [1.165, 1.54) is 11.8 Å². The highest BCUT2D eigenvalue weighted by Gasteiger charge is 2.42. The topological polar surface area (TPSA) is 91.3 Å². The smallest absolute Gasteiger partial charge is 0.310 e. The Labute approximate surface area is 243 Å². The van der Waals surface area contributed by atoms with Crippen LogP contribution in [0.2, 0.25) is 5.02 Å². The molecule has 1 saturated heterocycles. The van der Waals surface area contributed by atoms with Crippen molar-refractivity contribution in [3.8, 4) is 0 Å². The summed E-state index contributed by atoms with van der Waals surface area (Å²) in [5.41, 5.74) is 3.20. The van der Waals surface area contributed by atoms with Gasteiger partial charge in [0.2, 0.25) is 5.91 Å². The molecular weight excluding hydrogens is 548 g/mol. The number of carbonyl (C=O) groups is 3. The molecule has 0 aliphatic carbocycles. The fourth-order valence-corrected chi connectivity index (χ4v) is 6.50. The summed E-state index contributed by atoms with van der Waals surface area (Å²) in [6, 6.07) is 16.1. The number of esters is 1.